The van der Waals surface area contributed by atoms with E-state index in [-0.39, 0.29) is 22.4 Å². The molecule has 0 radical (unpaired) electrons. The highest BCUT2D eigenvalue weighted by atomic mass is 32.2. The quantitative estimate of drug-likeness (QED) is 0.360. The molecule has 10 heteroatoms. The summed E-state index contributed by atoms with van der Waals surface area (Å²) in [6, 6.07) is 17.6. The third-order valence-corrected chi connectivity index (χ3v) is 8.55. The fourth-order valence-corrected chi connectivity index (χ4v) is 6.12. The van der Waals surface area contributed by atoms with Gasteiger partial charge in [-0.05, 0) is 67.4 Å². The summed E-state index contributed by atoms with van der Waals surface area (Å²) in [4.78, 5) is 21.3. The average molecular weight is 551 g/mol. The number of halogens is 2. The number of aryl methyl sites for hydroxylation is 1. The van der Waals surface area contributed by atoms with Crippen molar-refractivity contribution in [2.45, 2.75) is 24.8 Å². The SMILES string of the molecule is Cc1cc(C(C)N2CCN(C(=O)c3ccc(NS(=O)(=O)c4cccc5cccnc45)cc3)CC2)cc(F)c1F. The minimum atomic E-state index is -3.90. The van der Waals surface area contributed by atoms with Gasteiger partial charge in [-0.1, -0.05) is 24.3 Å². The fourth-order valence-electron chi connectivity index (χ4n) is 4.88. The van der Waals surface area contributed by atoms with Crippen molar-refractivity contribution < 1.29 is 22.0 Å². The maximum absolute atomic E-state index is 13.9. The van der Waals surface area contributed by atoms with Crippen LogP contribution in [0.1, 0.15) is 34.5 Å². The number of sulfonamides is 1. The number of carbonyl (C=O) groups is 1. The molecule has 1 atom stereocenters. The standard InChI is InChI=1S/C29H28F2N4O3S/c1-19-17-23(18-25(30)27(19)31)20(2)34-13-15-35(16-14-34)29(36)22-8-10-24(11-9-22)33-39(37,38)26-7-3-5-21-6-4-12-32-28(21)26/h3-12,17-18,20,33H,13-16H2,1-2H3. The van der Waals surface area contributed by atoms with Gasteiger partial charge in [0.1, 0.15) is 4.90 Å². The molecule has 5 rings (SSSR count). The van der Waals surface area contributed by atoms with E-state index < -0.39 is 21.7 Å². The second-order valence-electron chi connectivity index (χ2n) is 9.65. The maximum atomic E-state index is 13.9. The highest BCUT2D eigenvalue weighted by molar-refractivity contribution is 7.93. The number of hydrogen-bond donors (Lipinski definition) is 1. The Morgan fingerprint density at radius 1 is 0.974 bits per heavy atom. The second kappa shape index (κ2) is 10.7. The van der Waals surface area contributed by atoms with Crippen molar-refractivity contribution in [3.63, 3.8) is 0 Å². The van der Waals surface area contributed by atoms with Crippen LogP contribution in [0.3, 0.4) is 0 Å². The first kappa shape index (κ1) is 26.7. The van der Waals surface area contributed by atoms with Gasteiger partial charge in [0.15, 0.2) is 11.6 Å². The number of para-hydroxylation sites is 1. The van der Waals surface area contributed by atoms with E-state index in [1.807, 2.05) is 6.92 Å². The van der Waals surface area contributed by atoms with Gasteiger partial charge in [0.05, 0.1) is 5.52 Å². The molecule has 202 valence electrons. The van der Waals surface area contributed by atoms with E-state index in [4.69, 9.17) is 0 Å². The number of anilines is 1. The van der Waals surface area contributed by atoms with Crippen LogP contribution in [0, 0.1) is 18.6 Å². The van der Waals surface area contributed by atoms with E-state index in [0.717, 1.165) is 5.39 Å². The Bertz CT molecular complexity index is 1610. The molecular weight excluding hydrogens is 522 g/mol. The average Bonchev–Trinajstić information content (AvgIpc) is 2.95. The molecule has 0 spiro atoms. The van der Waals surface area contributed by atoms with Crippen molar-refractivity contribution in [2.24, 2.45) is 0 Å². The van der Waals surface area contributed by atoms with Crippen LogP contribution in [0.5, 0.6) is 0 Å². The summed E-state index contributed by atoms with van der Waals surface area (Å²) in [5.74, 6) is -1.84. The van der Waals surface area contributed by atoms with E-state index in [1.54, 1.807) is 72.6 Å². The van der Waals surface area contributed by atoms with E-state index in [2.05, 4.69) is 14.6 Å². The summed E-state index contributed by atoms with van der Waals surface area (Å²) in [6.45, 7) is 5.62. The lowest BCUT2D eigenvalue weighted by molar-refractivity contribution is 0.0582. The minimum Gasteiger partial charge on any atom is -0.336 e. The number of carbonyl (C=O) groups excluding carboxylic acids is 1. The third kappa shape index (κ3) is 5.48. The van der Waals surface area contributed by atoms with Gasteiger partial charge in [0, 0.05) is 55.1 Å². The number of pyridine rings is 1. The minimum absolute atomic E-state index is 0.0754. The Morgan fingerprint density at radius 3 is 2.36 bits per heavy atom. The topological polar surface area (TPSA) is 82.6 Å². The third-order valence-electron chi connectivity index (χ3n) is 7.13. The van der Waals surface area contributed by atoms with Gasteiger partial charge in [-0.2, -0.15) is 0 Å². The predicted octanol–water partition coefficient (Wildman–Crippen LogP) is 5.14. The number of piperazine rings is 1. The Hall–Kier alpha value is -3.89. The zero-order valence-electron chi connectivity index (χ0n) is 21.6. The first-order valence-corrected chi connectivity index (χ1v) is 14.1. The van der Waals surface area contributed by atoms with Crippen LogP contribution in [0.15, 0.2) is 77.8 Å². The van der Waals surface area contributed by atoms with Crippen molar-refractivity contribution in [1.29, 1.82) is 0 Å². The maximum Gasteiger partial charge on any atom is 0.264 e. The van der Waals surface area contributed by atoms with Gasteiger partial charge >= 0.3 is 0 Å². The van der Waals surface area contributed by atoms with Crippen LogP contribution < -0.4 is 4.72 Å². The molecule has 7 nitrogen and oxygen atoms in total. The first-order chi connectivity index (χ1) is 18.6. The number of fused-ring (bicyclic) bond motifs is 1. The van der Waals surface area contributed by atoms with E-state index in [1.165, 1.54) is 12.1 Å². The number of amides is 1. The van der Waals surface area contributed by atoms with Crippen molar-refractivity contribution in [3.05, 3.63) is 101 Å². The van der Waals surface area contributed by atoms with E-state index in [0.29, 0.717) is 48.5 Å². The van der Waals surface area contributed by atoms with Crippen LogP contribution in [0.4, 0.5) is 14.5 Å². The number of aromatic nitrogens is 1. The Kier molecular flexibility index (Phi) is 7.33. The molecule has 3 aromatic carbocycles. The Balaban J connectivity index is 1.22. The summed E-state index contributed by atoms with van der Waals surface area (Å²) < 4.78 is 56.3. The van der Waals surface area contributed by atoms with Gasteiger partial charge in [0.25, 0.3) is 15.9 Å². The van der Waals surface area contributed by atoms with Crippen molar-refractivity contribution in [2.75, 3.05) is 30.9 Å². The van der Waals surface area contributed by atoms with Crippen LogP contribution >= 0.6 is 0 Å². The molecule has 0 aliphatic carbocycles. The zero-order chi connectivity index (χ0) is 27.7. The molecule has 0 saturated carbocycles. The molecule has 1 aliphatic heterocycles. The molecule has 1 unspecified atom stereocenters. The van der Waals surface area contributed by atoms with Crippen molar-refractivity contribution >= 4 is 32.5 Å². The highest BCUT2D eigenvalue weighted by Crippen LogP contribution is 2.26. The number of benzene rings is 3. The highest BCUT2D eigenvalue weighted by Gasteiger charge is 2.26. The first-order valence-electron chi connectivity index (χ1n) is 12.6. The molecule has 1 saturated heterocycles. The molecule has 1 N–H and O–H groups in total. The fraction of sp³-hybridized carbons (Fsp3) is 0.241. The van der Waals surface area contributed by atoms with Gasteiger partial charge < -0.3 is 4.90 Å². The van der Waals surface area contributed by atoms with Gasteiger partial charge in [-0.25, -0.2) is 17.2 Å². The number of rotatable bonds is 6. The molecule has 1 aliphatic rings. The summed E-state index contributed by atoms with van der Waals surface area (Å²) in [5, 5.41) is 0.718. The molecule has 39 heavy (non-hydrogen) atoms. The second-order valence-corrected chi connectivity index (χ2v) is 11.3. The molecule has 2 heterocycles. The van der Waals surface area contributed by atoms with Crippen LogP contribution in [0.25, 0.3) is 10.9 Å². The van der Waals surface area contributed by atoms with Gasteiger partial charge in [-0.15, -0.1) is 0 Å². The summed E-state index contributed by atoms with van der Waals surface area (Å²) >= 11 is 0. The number of nitrogens with one attached hydrogen (secondary N) is 1. The van der Waals surface area contributed by atoms with Gasteiger partial charge in [-0.3, -0.25) is 19.4 Å². The zero-order valence-corrected chi connectivity index (χ0v) is 22.4. The normalized spacial score (nSPS) is 15.3. The van der Waals surface area contributed by atoms with Crippen molar-refractivity contribution in [3.8, 4) is 0 Å². The van der Waals surface area contributed by atoms with Gasteiger partial charge in [0.2, 0.25) is 0 Å². The largest absolute Gasteiger partial charge is 0.336 e. The van der Waals surface area contributed by atoms with Crippen LogP contribution in [-0.4, -0.2) is 55.3 Å². The molecule has 1 fully saturated rings. The molecule has 4 aromatic rings. The predicted molar refractivity (Wildman–Crippen MR) is 146 cm³/mol. The Labute approximate surface area is 226 Å². The lowest BCUT2D eigenvalue weighted by Gasteiger charge is -2.38. The monoisotopic (exact) mass is 550 g/mol. The smallest absolute Gasteiger partial charge is 0.264 e. The number of hydrogen-bond acceptors (Lipinski definition) is 5. The summed E-state index contributed by atoms with van der Waals surface area (Å²) in [5.41, 5.74) is 2.13. The lowest BCUT2D eigenvalue weighted by atomic mass is 10.0. The lowest BCUT2D eigenvalue weighted by Crippen LogP contribution is -2.49. The molecular formula is C29H28F2N4O3S. The van der Waals surface area contributed by atoms with Crippen LogP contribution in [0.2, 0.25) is 0 Å². The van der Waals surface area contributed by atoms with Crippen molar-refractivity contribution in [1.82, 2.24) is 14.8 Å². The summed E-state index contributed by atoms with van der Waals surface area (Å²) in [6.07, 6.45) is 1.55. The molecule has 0 bridgehead atoms. The number of nitrogens with zero attached hydrogens (tertiary/aromatic N) is 3. The Morgan fingerprint density at radius 2 is 1.67 bits per heavy atom. The van der Waals surface area contributed by atoms with E-state index in [9.17, 15) is 22.0 Å². The molecule has 1 aromatic heterocycles. The molecule has 1 amide bonds. The van der Waals surface area contributed by atoms with E-state index >= 15 is 0 Å². The van der Waals surface area contributed by atoms with Crippen LogP contribution in [-0.2, 0) is 10.0 Å². The summed E-state index contributed by atoms with van der Waals surface area (Å²) in [7, 11) is -3.90.